The minimum atomic E-state index is -3.54. The number of fused-ring (bicyclic) bond motifs is 2. The molecule has 5 nitrogen and oxygen atoms in total. The molecule has 0 spiro atoms. The lowest BCUT2D eigenvalue weighted by Gasteiger charge is -2.32. The molecular formula is C23H28FN3O2S2. The summed E-state index contributed by atoms with van der Waals surface area (Å²) in [7, 11) is 1.68. The molecule has 8 heteroatoms. The summed E-state index contributed by atoms with van der Waals surface area (Å²) in [5, 5.41) is 0. The van der Waals surface area contributed by atoms with Gasteiger partial charge in [0.25, 0.3) is 0 Å². The predicted octanol–water partition coefficient (Wildman–Crippen LogP) is 3.61. The summed E-state index contributed by atoms with van der Waals surface area (Å²) in [6.45, 7) is 5.21. The van der Waals surface area contributed by atoms with Crippen LogP contribution in [0.2, 0.25) is 0 Å². The second-order valence-corrected chi connectivity index (χ2v) is 11.5. The average molecular weight is 462 g/mol. The van der Waals surface area contributed by atoms with Crippen LogP contribution in [0, 0.1) is 5.82 Å². The van der Waals surface area contributed by atoms with E-state index in [1.807, 2.05) is 6.07 Å². The van der Waals surface area contributed by atoms with Crippen LogP contribution in [0.3, 0.4) is 0 Å². The summed E-state index contributed by atoms with van der Waals surface area (Å²) in [6, 6.07) is 10.0. The number of hydrogen-bond donors (Lipinski definition) is 0. The molecule has 2 heterocycles. The monoisotopic (exact) mass is 461 g/mol. The van der Waals surface area contributed by atoms with Crippen LogP contribution in [-0.2, 0) is 10.0 Å². The topological polar surface area (TPSA) is 43.9 Å². The Labute approximate surface area is 188 Å². The molecule has 4 rings (SSSR count). The molecule has 0 saturated carbocycles. The molecule has 0 N–H and O–H groups in total. The second kappa shape index (κ2) is 9.03. The van der Waals surface area contributed by atoms with Crippen LogP contribution in [0.1, 0.15) is 17.5 Å². The zero-order chi connectivity index (χ0) is 22.2. The van der Waals surface area contributed by atoms with Gasteiger partial charge in [0.1, 0.15) is 5.82 Å². The standard InChI is InChI=1S/C23H28FN3O2S2/c1-25(2)31(28,29)18-7-9-22-21(16-18)19(20-8-6-17(24)15-23(20)30-22)5-4-10-27-13-11-26(3)12-14-27/h5-9,15-16H,4,10-14H2,1-3H3. The number of piperazine rings is 1. The Balaban J connectivity index is 1.69. The van der Waals surface area contributed by atoms with E-state index in [-0.39, 0.29) is 10.7 Å². The third kappa shape index (κ3) is 4.73. The summed E-state index contributed by atoms with van der Waals surface area (Å²) in [6.07, 6.45) is 3.03. The van der Waals surface area contributed by atoms with Gasteiger partial charge in [-0.2, -0.15) is 0 Å². The van der Waals surface area contributed by atoms with E-state index in [9.17, 15) is 12.8 Å². The lowest BCUT2D eigenvalue weighted by molar-refractivity contribution is 0.156. The number of likely N-dealkylation sites (N-methyl/N-ethyl adjacent to an activating group) is 1. The van der Waals surface area contributed by atoms with Gasteiger partial charge in [-0.1, -0.05) is 23.9 Å². The quantitative estimate of drug-likeness (QED) is 0.581. The molecular weight excluding hydrogens is 433 g/mol. The van der Waals surface area contributed by atoms with Crippen LogP contribution in [0.25, 0.3) is 5.57 Å². The van der Waals surface area contributed by atoms with Gasteiger partial charge in [-0.3, -0.25) is 0 Å². The Hall–Kier alpha value is -1.71. The molecule has 1 fully saturated rings. The van der Waals surface area contributed by atoms with Crippen LogP contribution >= 0.6 is 11.8 Å². The highest BCUT2D eigenvalue weighted by Crippen LogP contribution is 2.46. The molecule has 2 aromatic carbocycles. The maximum absolute atomic E-state index is 13.9. The Morgan fingerprint density at radius 1 is 1.03 bits per heavy atom. The third-order valence-electron chi connectivity index (χ3n) is 5.86. The van der Waals surface area contributed by atoms with E-state index < -0.39 is 10.0 Å². The first-order valence-electron chi connectivity index (χ1n) is 10.4. The number of halogens is 1. The van der Waals surface area contributed by atoms with Crippen LogP contribution in [0.5, 0.6) is 0 Å². The van der Waals surface area contributed by atoms with Crippen LogP contribution in [0.4, 0.5) is 4.39 Å². The lowest BCUT2D eigenvalue weighted by Crippen LogP contribution is -2.44. The fraction of sp³-hybridized carbons (Fsp3) is 0.391. The fourth-order valence-corrected chi connectivity index (χ4v) is 5.97. The van der Waals surface area contributed by atoms with Crippen molar-refractivity contribution in [3.63, 3.8) is 0 Å². The van der Waals surface area contributed by atoms with Crippen LogP contribution in [-0.4, -0.2) is 76.4 Å². The lowest BCUT2D eigenvalue weighted by atomic mass is 9.96. The molecule has 0 atom stereocenters. The van der Waals surface area contributed by atoms with Crippen LogP contribution in [0.15, 0.2) is 57.2 Å². The number of rotatable bonds is 5. The third-order valence-corrected chi connectivity index (χ3v) is 8.81. The SMILES string of the molecule is CN1CCN(CCC=C2c3ccc(F)cc3Sc3ccc(S(=O)(=O)N(C)C)cc32)CC1. The van der Waals surface area contributed by atoms with Gasteiger partial charge in [-0.25, -0.2) is 17.1 Å². The van der Waals surface area contributed by atoms with Gasteiger partial charge >= 0.3 is 0 Å². The molecule has 0 amide bonds. The Morgan fingerprint density at radius 2 is 1.77 bits per heavy atom. The molecule has 0 unspecified atom stereocenters. The molecule has 31 heavy (non-hydrogen) atoms. The Kier molecular flexibility index (Phi) is 6.55. The van der Waals surface area contributed by atoms with Crippen molar-refractivity contribution < 1.29 is 12.8 Å². The molecule has 2 aliphatic heterocycles. The fourth-order valence-electron chi connectivity index (χ4n) is 3.93. The van der Waals surface area contributed by atoms with E-state index in [0.29, 0.717) is 0 Å². The molecule has 0 aromatic heterocycles. The van der Waals surface area contributed by atoms with Crippen molar-refractivity contribution in [2.75, 3.05) is 53.9 Å². The van der Waals surface area contributed by atoms with Crippen molar-refractivity contribution in [2.45, 2.75) is 21.1 Å². The Bertz CT molecular complexity index is 1110. The van der Waals surface area contributed by atoms with Gasteiger partial charge < -0.3 is 9.80 Å². The van der Waals surface area contributed by atoms with E-state index in [2.05, 4.69) is 22.9 Å². The average Bonchev–Trinajstić information content (AvgIpc) is 2.74. The molecule has 2 aromatic rings. The van der Waals surface area contributed by atoms with Crippen molar-refractivity contribution >= 4 is 27.4 Å². The highest BCUT2D eigenvalue weighted by Gasteiger charge is 2.25. The first-order chi connectivity index (χ1) is 14.8. The first kappa shape index (κ1) is 22.5. The number of benzene rings is 2. The zero-order valence-corrected chi connectivity index (χ0v) is 19.8. The van der Waals surface area contributed by atoms with Crippen molar-refractivity contribution in [1.82, 2.24) is 14.1 Å². The van der Waals surface area contributed by atoms with Crippen molar-refractivity contribution in [3.05, 3.63) is 59.4 Å². The Morgan fingerprint density at radius 3 is 2.48 bits per heavy atom. The normalized spacial score (nSPS) is 18.9. The largest absolute Gasteiger partial charge is 0.304 e. The first-order valence-corrected chi connectivity index (χ1v) is 12.7. The maximum Gasteiger partial charge on any atom is 0.242 e. The van der Waals surface area contributed by atoms with Crippen molar-refractivity contribution in [2.24, 2.45) is 0 Å². The van der Waals surface area contributed by atoms with E-state index in [1.165, 1.54) is 36.2 Å². The summed E-state index contributed by atoms with van der Waals surface area (Å²) < 4.78 is 40.5. The molecule has 0 radical (unpaired) electrons. The number of hydrogen-bond acceptors (Lipinski definition) is 5. The summed E-state index contributed by atoms with van der Waals surface area (Å²) in [5.74, 6) is -0.265. The predicted molar refractivity (Wildman–Crippen MR) is 123 cm³/mol. The smallest absolute Gasteiger partial charge is 0.242 e. The van der Waals surface area contributed by atoms with Crippen molar-refractivity contribution in [1.29, 1.82) is 0 Å². The van der Waals surface area contributed by atoms with E-state index in [0.717, 1.165) is 65.6 Å². The summed E-state index contributed by atoms with van der Waals surface area (Å²) >= 11 is 1.48. The molecule has 0 aliphatic carbocycles. The number of nitrogens with zero attached hydrogens (tertiary/aromatic N) is 3. The summed E-state index contributed by atoms with van der Waals surface area (Å²) in [4.78, 5) is 6.87. The molecule has 2 aliphatic rings. The highest BCUT2D eigenvalue weighted by molar-refractivity contribution is 7.99. The van der Waals surface area contributed by atoms with Gasteiger partial charge in [0, 0.05) is 56.6 Å². The van der Waals surface area contributed by atoms with E-state index in [4.69, 9.17) is 0 Å². The number of sulfonamides is 1. The minimum absolute atomic E-state index is 0.265. The van der Waals surface area contributed by atoms with E-state index in [1.54, 1.807) is 24.3 Å². The molecule has 166 valence electrons. The zero-order valence-electron chi connectivity index (χ0n) is 18.1. The van der Waals surface area contributed by atoms with E-state index >= 15 is 0 Å². The van der Waals surface area contributed by atoms with Gasteiger partial charge in [0.15, 0.2) is 0 Å². The summed E-state index contributed by atoms with van der Waals surface area (Å²) in [5.41, 5.74) is 2.83. The molecule has 1 saturated heterocycles. The van der Waals surface area contributed by atoms with Gasteiger partial charge in [0.2, 0.25) is 10.0 Å². The van der Waals surface area contributed by atoms with Gasteiger partial charge in [-0.05, 0) is 60.5 Å². The minimum Gasteiger partial charge on any atom is -0.304 e. The molecule has 0 bridgehead atoms. The van der Waals surface area contributed by atoms with Gasteiger partial charge in [-0.15, -0.1) is 0 Å². The highest BCUT2D eigenvalue weighted by atomic mass is 32.2. The van der Waals surface area contributed by atoms with Crippen molar-refractivity contribution in [3.8, 4) is 0 Å². The van der Waals surface area contributed by atoms with Crippen LogP contribution < -0.4 is 0 Å². The maximum atomic E-state index is 13.9. The second-order valence-electron chi connectivity index (χ2n) is 8.24. The van der Waals surface area contributed by atoms with Gasteiger partial charge in [0.05, 0.1) is 4.90 Å².